The minimum absolute atomic E-state index is 0.0817. The smallest absolute Gasteiger partial charge is 0.0552 e. The van der Waals surface area contributed by atoms with Crippen molar-refractivity contribution in [2.75, 3.05) is 19.6 Å². The minimum atomic E-state index is -0.0817. The fourth-order valence-corrected chi connectivity index (χ4v) is 2.18. The van der Waals surface area contributed by atoms with Crippen LogP contribution in [-0.2, 0) is 0 Å². The van der Waals surface area contributed by atoms with Gasteiger partial charge in [0, 0.05) is 6.54 Å². The first-order valence-corrected chi connectivity index (χ1v) is 7.64. The summed E-state index contributed by atoms with van der Waals surface area (Å²) in [6, 6.07) is 0. The molecule has 17 heavy (non-hydrogen) atoms. The number of unbranched alkanes of at least 4 members (excludes halogenated alkanes) is 5. The van der Waals surface area contributed by atoms with E-state index >= 15 is 0 Å². The van der Waals surface area contributed by atoms with Crippen LogP contribution >= 0.6 is 0 Å². The van der Waals surface area contributed by atoms with E-state index in [9.17, 15) is 5.11 Å². The summed E-state index contributed by atoms with van der Waals surface area (Å²) >= 11 is 0. The highest BCUT2D eigenvalue weighted by Crippen LogP contribution is 2.10. The van der Waals surface area contributed by atoms with Crippen LogP contribution in [0.5, 0.6) is 0 Å². The molecular formula is C15H33NO. The van der Waals surface area contributed by atoms with Crippen LogP contribution in [0.25, 0.3) is 0 Å². The molecule has 0 rings (SSSR count). The van der Waals surface area contributed by atoms with Gasteiger partial charge in [-0.25, -0.2) is 0 Å². The molecule has 0 amide bonds. The topological polar surface area (TPSA) is 23.5 Å². The van der Waals surface area contributed by atoms with Crippen LogP contribution in [0.15, 0.2) is 0 Å². The van der Waals surface area contributed by atoms with Crippen molar-refractivity contribution >= 4 is 0 Å². The molecule has 1 N–H and O–H groups in total. The second-order valence-corrected chi connectivity index (χ2v) is 5.03. The zero-order chi connectivity index (χ0) is 12.9. The standard InChI is InChI=1S/C15H33NO/c1-4-7-8-9-10-11-12-15(17)13-14-16(5-2)6-3/h15,17H,4-14H2,1-3H3. The van der Waals surface area contributed by atoms with E-state index in [1.165, 1.54) is 38.5 Å². The summed E-state index contributed by atoms with van der Waals surface area (Å²) < 4.78 is 0. The molecule has 0 radical (unpaired) electrons. The largest absolute Gasteiger partial charge is 0.393 e. The molecular weight excluding hydrogens is 210 g/mol. The van der Waals surface area contributed by atoms with Crippen LogP contribution in [-0.4, -0.2) is 35.7 Å². The summed E-state index contributed by atoms with van der Waals surface area (Å²) in [7, 11) is 0. The minimum Gasteiger partial charge on any atom is -0.393 e. The van der Waals surface area contributed by atoms with Gasteiger partial charge in [0.2, 0.25) is 0 Å². The molecule has 104 valence electrons. The molecule has 0 aliphatic heterocycles. The Morgan fingerprint density at radius 3 is 2.00 bits per heavy atom. The molecule has 0 fully saturated rings. The third-order valence-electron chi connectivity index (χ3n) is 3.56. The van der Waals surface area contributed by atoms with Gasteiger partial charge >= 0.3 is 0 Å². The van der Waals surface area contributed by atoms with Crippen molar-refractivity contribution < 1.29 is 5.11 Å². The quantitative estimate of drug-likeness (QED) is 0.527. The van der Waals surface area contributed by atoms with E-state index in [1.807, 2.05) is 0 Å². The summed E-state index contributed by atoms with van der Waals surface area (Å²) in [6.45, 7) is 9.86. The number of aliphatic hydroxyl groups is 1. The third kappa shape index (κ3) is 10.8. The number of aliphatic hydroxyl groups excluding tert-OH is 1. The first-order valence-electron chi connectivity index (χ1n) is 7.64. The third-order valence-corrected chi connectivity index (χ3v) is 3.56. The molecule has 0 bridgehead atoms. The van der Waals surface area contributed by atoms with E-state index in [-0.39, 0.29) is 6.10 Å². The van der Waals surface area contributed by atoms with Crippen molar-refractivity contribution in [3.63, 3.8) is 0 Å². The van der Waals surface area contributed by atoms with E-state index in [2.05, 4.69) is 25.7 Å². The number of hydrogen-bond donors (Lipinski definition) is 1. The number of rotatable bonds is 12. The highest BCUT2D eigenvalue weighted by Gasteiger charge is 2.06. The number of nitrogens with zero attached hydrogens (tertiary/aromatic N) is 1. The van der Waals surface area contributed by atoms with Gasteiger partial charge in [0.15, 0.2) is 0 Å². The van der Waals surface area contributed by atoms with Gasteiger partial charge in [0.1, 0.15) is 0 Å². The fourth-order valence-electron chi connectivity index (χ4n) is 2.18. The van der Waals surface area contributed by atoms with E-state index in [4.69, 9.17) is 0 Å². The van der Waals surface area contributed by atoms with E-state index < -0.39 is 0 Å². The normalized spacial score (nSPS) is 13.2. The van der Waals surface area contributed by atoms with E-state index in [1.54, 1.807) is 0 Å². The Morgan fingerprint density at radius 1 is 0.824 bits per heavy atom. The summed E-state index contributed by atoms with van der Waals surface area (Å²) in [4.78, 5) is 2.38. The Bertz CT molecular complexity index is 146. The molecule has 0 aliphatic carbocycles. The van der Waals surface area contributed by atoms with Gasteiger partial charge in [-0.05, 0) is 25.9 Å². The van der Waals surface area contributed by atoms with Gasteiger partial charge in [-0.2, -0.15) is 0 Å². The van der Waals surface area contributed by atoms with Crippen LogP contribution in [0.2, 0.25) is 0 Å². The lowest BCUT2D eigenvalue weighted by molar-refractivity contribution is 0.132. The second kappa shape index (κ2) is 12.4. The Kier molecular flexibility index (Phi) is 12.3. The van der Waals surface area contributed by atoms with Crippen molar-refractivity contribution in [2.24, 2.45) is 0 Å². The van der Waals surface area contributed by atoms with Crippen molar-refractivity contribution in [3.8, 4) is 0 Å². The van der Waals surface area contributed by atoms with Crippen molar-refractivity contribution in [3.05, 3.63) is 0 Å². The van der Waals surface area contributed by atoms with Gasteiger partial charge < -0.3 is 10.0 Å². The van der Waals surface area contributed by atoms with Crippen molar-refractivity contribution in [2.45, 2.75) is 78.2 Å². The monoisotopic (exact) mass is 243 g/mol. The Hall–Kier alpha value is -0.0800. The van der Waals surface area contributed by atoms with Gasteiger partial charge in [-0.15, -0.1) is 0 Å². The molecule has 0 saturated heterocycles. The van der Waals surface area contributed by atoms with Crippen LogP contribution in [0.1, 0.15) is 72.1 Å². The van der Waals surface area contributed by atoms with Crippen LogP contribution in [0, 0.1) is 0 Å². The maximum atomic E-state index is 9.87. The zero-order valence-corrected chi connectivity index (χ0v) is 12.2. The van der Waals surface area contributed by atoms with Crippen LogP contribution in [0.4, 0.5) is 0 Å². The summed E-state index contributed by atoms with van der Waals surface area (Å²) in [5.41, 5.74) is 0. The Balaban J connectivity index is 3.30. The Labute approximate surface area is 108 Å². The first kappa shape index (κ1) is 16.9. The Morgan fingerprint density at radius 2 is 1.41 bits per heavy atom. The molecule has 0 heterocycles. The van der Waals surface area contributed by atoms with Gasteiger partial charge in [0.05, 0.1) is 6.10 Å². The second-order valence-electron chi connectivity index (χ2n) is 5.03. The van der Waals surface area contributed by atoms with E-state index in [0.29, 0.717) is 0 Å². The van der Waals surface area contributed by atoms with Gasteiger partial charge in [-0.1, -0.05) is 59.3 Å². The molecule has 0 aliphatic rings. The predicted molar refractivity (Wildman–Crippen MR) is 76.4 cm³/mol. The molecule has 2 heteroatoms. The maximum absolute atomic E-state index is 9.87. The lowest BCUT2D eigenvalue weighted by Gasteiger charge is -2.19. The van der Waals surface area contributed by atoms with Gasteiger partial charge in [-0.3, -0.25) is 0 Å². The average molecular weight is 243 g/mol. The molecule has 0 aromatic carbocycles. The molecule has 0 saturated carbocycles. The molecule has 1 unspecified atom stereocenters. The lowest BCUT2D eigenvalue weighted by atomic mass is 10.1. The zero-order valence-electron chi connectivity index (χ0n) is 12.2. The molecule has 1 atom stereocenters. The maximum Gasteiger partial charge on any atom is 0.0552 e. The highest BCUT2D eigenvalue weighted by atomic mass is 16.3. The summed E-state index contributed by atoms with van der Waals surface area (Å²) in [6.07, 6.45) is 9.73. The highest BCUT2D eigenvalue weighted by molar-refractivity contribution is 4.60. The molecule has 0 spiro atoms. The van der Waals surface area contributed by atoms with E-state index in [0.717, 1.165) is 32.5 Å². The molecule has 0 aromatic heterocycles. The van der Waals surface area contributed by atoms with Crippen LogP contribution < -0.4 is 0 Å². The van der Waals surface area contributed by atoms with Crippen LogP contribution in [0.3, 0.4) is 0 Å². The van der Waals surface area contributed by atoms with Crippen molar-refractivity contribution in [1.82, 2.24) is 4.90 Å². The fraction of sp³-hybridized carbons (Fsp3) is 1.00. The number of hydrogen-bond acceptors (Lipinski definition) is 2. The average Bonchev–Trinajstić information content (AvgIpc) is 2.35. The first-order chi connectivity index (χ1) is 8.24. The predicted octanol–water partition coefficient (Wildman–Crippen LogP) is 3.83. The summed E-state index contributed by atoms with van der Waals surface area (Å²) in [5.74, 6) is 0. The molecule has 0 aromatic rings. The SMILES string of the molecule is CCCCCCCCC(O)CCN(CC)CC. The van der Waals surface area contributed by atoms with Gasteiger partial charge in [0.25, 0.3) is 0 Å². The lowest BCUT2D eigenvalue weighted by Crippen LogP contribution is -2.26. The van der Waals surface area contributed by atoms with Crippen molar-refractivity contribution in [1.29, 1.82) is 0 Å². The summed E-state index contributed by atoms with van der Waals surface area (Å²) in [5, 5.41) is 9.87. The molecule has 2 nitrogen and oxygen atoms in total.